The van der Waals surface area contributed by atoms with Gasteiger partial charge in [-0.3, -0.25) is 4.79 Å². The number of piperidine rings is 1. The Bertz CT molecular complexity index is 333. The van der Waals surface area contributed by atoms with Crippen molar-refractivity contribution in [2.24, 2.45) is 5.92 Å². The second kappa shape index (κ2) is 6.34. The minimum Gasteiger partial charge on any atom is -0.349 e. The monoisotopic (exact) mass is 238 g/mol. The van der Waals surface area contributed by atoms with E-state index in [1.807, 2.05) is 0 Å². The maximum absolute atomic E-state index is 11.6. The van der Waals surface area contributed by atoms with Gasteiger partial charge in [-0.2, -0.15) is 4.98 Å². The molecule has 2 N–H and O–H groups in total. The molecule has 0 bridgehead atoms. The van der Waals surface area contributed by atoms with Crippen LogP contribution in [0.2, 0.25) is 0 Å². The molecule has 1 aromatic rings. The number of rotatable bonds is 5. The van der Waals surface area contributed by atoms with Gasteiger partial charge in [-0.25, -0.2) is 0 Å². The number of nitrogens with zero attached hydrogens (tertiary/aromatic N) is 2. The third-order valence-corrected chi connectivity index (χ3v) is 3.09. The molecule has 0 spiro atoms. The average Bonchev–Trinajstić information content (AvgIpc) is 2.88. The number of nitrogens with one attached hydrogen (secondary N) is 2. The molecule has 1 aliphatic heterocycles. The number of carbonyl (C=O) groups excluding carboxylic acids is 1. The van der Waals surface area contributed by atoms with Crippen molar-refractivity contribution in [3.63, 3.8) is 0 Å². The van der Waals surface area contributed by atoms with E-state index < -0.39 is 0 Å². The Morgan fingerprint density at radius 3 is 3.06 bits per heavy atom. The normalized spacial score (nSPS) is 16.9. The maximum atomic E-state index is 11.6. The van der Waals surface area contributed by atoms with Gasteiger partial charge < -0.3 is 15.2 Å². The SMILES string of the molecule is O=C(CCC1CCNCC1)NCc1ncon1. The van der Waals surface area contributed by atoms with Crippen LogP contribution in [0.1, 0.15) is 31.5 Å². The number of hydrogen-bond acceptors (Lipinski definition) is 5. The van der Waals surface area contributed by atoms with E-state index in [2.05, 4.69) is 25.3 Å². The predicted molar refractivity (Wildman–Crippen MR) is 61.0 cm³/mol. The lowest BCUT2D eigenvalue weighted by Gasteiger charge is -2.22. The molecule has 0 aromatic carbocycles. The van der Waals surface area contributed by atoms with Crippen molar-refractivity contribution in [3.8, 4) is 0 Å². The van der Waals surface area contributed by atoms with Crippen LogP contribution >= 0.6 is 0 Å². The Kier molecular flexibility index (Phi) is 4.49. The zero-order valence-corrected chi connectivity index (χ0v) is 9.82. The van der Waals surface area contributed by atoms with Gasteiger partial charge >= 0.3 is 0 Å². The lowest BCUT2D eigenvalue weighted by Crippen LogP contribution is -2.29. The molecule has 0 saturated carbocycles. The molecule has 2 rings (SSSR count). The predicted octanol–water partition coefficient (Wildman–Crippen LogP) is 0.466. The first kappa shape index (κ1) is 12.0. The quantitative estimate of drug-likeness (QED) is 0.779. The van der Waals surface area contributed by atoms with Gasteiger partial charge in [0, 0.05) is 6.42 Å². The van der Waals surface area contributed by atoms with Crippen molar-refractivity contribution in [2.45, 2.75) is 32.2 Å². The van der Waals surface area contributed by atoms with Gasteiger partial charge in [0.2, 0.25) is 12.3 Å². The molecule has 6 heteroatoms. The van der Waals surface area contributed by atoms with Crippen molar-refractivity contribution >= 4 is 5.91 Å². The van der Waals surface area contributed by atoms with Crippen LogP contribution in [-0.4, -0.2) is 29.1 Å². The van der Waals surface area contributed by atoms with Gasteiger partial charge in [0.25, 0.3) is 0 Å². The molecule has 0 atom stereocenters. The number of carbonyl (C=O) groups is 1. The highest BCUT2D eigenvalue weighted by atomic mass is 16.5. The zero-order valence-electron chi connectivity index (χ0n) is 9.82. The van der Waals surface area contributed by atoms with E-state index in [9.17, 15) is 4.79 Å². The fraction of sp³-hybridized carbons (Fsp3) is 0.727. The summed E-state index contributed by atoms with van der Waals surface area (Å²) in [6.45, 7) is 2.51. The van der Waals surface area contributed by atoms with E-state index in [-0.39, 0.29) is 5.91 Å². The highest BCUT2D eigenvalue weighted by molar-refractivity contribution is 5.75. The summed E-state index contributed by atoms with van der Waals surface area (Å²) in [4.78, 5) is 15.4. The van der Waals surface area contributed by atoms with E-state index in [0.717, 1.165) is 19.5 Å². The second-order valence-corrected chi connectivity index (χ2v) is 4.36. The van der Waals surface area contributed by atoms with E-state index in [1.54, 1.807) is 0 Å². The Labute approximate surface area is 100 Å². The van der Waals surface area contributed by atoms with Gasteiger partial charge in [-0.1, -0.05) is 5.16 Å². The van der Waals surface area contributed by atoms with Crippen LogP contribution in [0.4, 0.5) is 0 Å². The minimum absolute atomic E-state index is 0.0633. The lowest BCUT2D eigenvalue weighted by molar-refractivity contribution is -0.121. The van der Waals surface area contributed by atoms with Gasteiger partial charge in [0.15, 0.2) is 5.82 Å². The summed E-state index contributed by atoms with van der Waals surface area (Å²) in [6.07, 6.45) is 5.18. The number of aromatic nitrogens is 2. The molecular weight excluding hydrogens is 220 g/mol. The first-order chi connectivity index (χ1) is 8.34. The van der Waals surface area contributed by atoms with E-state index in [1.165, 1.54) is 19.2 Å². The molecule has 1 aliphatic rings. The highest BCUT2D eigenvalue weighted by Gasteiger charge is 2.14. The molecular formula is C11H18N4O2. The average molecular weight is 238 g/mol. The molecule has 6 nitrogen and oxygen atoms in total. The van der Waals surface area contributed by atoms with Crippen LogP contribution in [0.5, 0.6) is 0 Å². The molecule has 1 fully saturated rings. The third-order valence-electron chi connectivity index (χ3n) is 3.09. The molecule has 0 radical (unpaired) electrons. The zero-order chi connectivity index (χ0) is 11.9. The summed E-state index contributed by atoms with van der Waals surface area (Å²) in [6, 6.07) is 0. The highest BCUT2D eigenvalue weighted by Crippen LogP contribution is 2.17. The Hall–Kier alpha value is -1.43. The lowest BCUT2D eigenvalue weighted by atomic mass is 9.93. The summed E-state index contributed by atoms with van der Waals surface area (Å²) >= 11 is 0. The van der Waals surface area contributed by atoms with Gasteiger partial charge in [0.1, 0.15) is 0 Å². The summed E-state index contributed by atoms with van der Waals surface area (Å²) in [5.74, 6) is 1.26. The fourth-order valence-corrected chi connectivity index (χ4v) is 2.04. The van der Waals surface area contributed by atoms with Crippen molar-refractivity contribution in [3.05, 3.63) is 12.2 Å². The second-order valence-electron chi connectivity index (χ2n) is 4.36. The number of amides is 1. The summed E-state index contributed by atoms with van der Waals surface area (Å²) < 4.78 is 4.58. The maximum Gasteiger partial charge on any atom is 0.220 e. The van der Waals surface area contributed by atoms with Gasteiger partial charge in [-0.05, 0) is 38.3 Å². The van der Waals surface area contributed by atoms with Crippen LogP contribution < -0.4 is 10.6 Å². The van der Waals surface area contributed by atoms with Crippen LogP contribution in [0, 0.1) is 5.92 Å². The molecule has 0 unspecified atom stereocenters. The molecule has 2 heterocycles. The van der Waals surface area contributed by atoms with E-state index in [4.69, 9.17) is 0 Å². The number of hydrogen-bond donors (Lipinski definition) is 2. The molecule has 1 amide bonds. The van der Waals surface area contributed by atoms with Crippen LogP contribution in [0.15, 0.2) is 10.9 Å². The molecule has 94 valence electrons. The molecule has 1 aromatic heterocycles. The van der Waals surface area contributed by atoms with Crippen molar-refractivity contribution in [1.82, 2.24) is 20.8 Å². The minimum atomic E-state index is 0.0633. The van der Waals surface area contributed by atoms with Crippen LogP contribution in [-0.2, 0) is 11.3 Å². The molecule has 0 aliphatic carbocycles. The summed E-state index contributed by atoms with van der Waals surface area (Å²) in [5, 5.41) is 9.73. The first-order valence-corrected chi connectivity index (χ1v) is 6.07. The Balaban J connectivity index is 1.60. The van der Waals surface area contributed by atoms with E-state index >= 15 is 0 Å². The third kappa shape index (κ3) is 4.14. The molecule has 17 heavy (non-hydrogen) atoms. The summed E-state index contributed by atoms with van der Waals surface area (Å²) in [7, 11) is 0. The summed E-state index contributed by atoms with van der Waals surface area (Å²) in [5.41, 5.74) is 0. The van der Waals surface area contributed by atoms with Crippen LogP contribution in [0.25, 0.3) is 0 Å². The topological polar surface area (TPSA) is 80.0 Å². The van der Waals surface area contributed by atoms with Crippen molar-refractivity contribution < 1.29 is 9.32 Å². The first-order valence-electron chi connectivity index (χ1n) is 6.07. The Morgan fingerprint density at radius 1 is 1.53 bits per heavy atom. The van der Waals surface area contributed by atoms with Gasteiger partial charge in [-0.15, -0.1) is 0 Å². The van der Waals surface area contributed by atoms with Gasteiger partial charge in [0.05, 0.1) is 6.54 Å². The Morgan fingerprint density at radius 2 is 2.35 bits per heavy atom. The van der Waals surface area contributed by atoms with Crippen molar-refractivity contribution in [1.29, 1.82) is 0 Å². The molecule has 1 saturated heterocycles. The van der Waals surface area contributed by atoms with Crippen molar-refractivity contribution in [2.75, 3.05) is 13.1 Å². The van der Waals surface area contributed by atoms with Crippen LogP contribution in [0.3, 0.4) is 0 Å². The fourth-order valence-electron chi connectivity index (χ4n) is 2.04. The largest absolute Gasteiger partial charge is 0.349 e. The standard InChI is InChI=1S/C11H18N4O2/c16-11(13-7-10-14-8-17-15-10)2-1-9-3-5-12-6-4-9/h8-9,12H,1-7H2,(H,13,16). The van der Waals surface area contributed by atoms with E-state index in [0.29, 0.717) is 24.7 Å². The smallest absolute Gasteiger partial charge is 0.220 e.